The number of rotatable bonds is 4. The molecule has 0 spiro atoms. The maximum Gasteiger partial charge on any atom is 0.320 e. The Balaban J connectivity index is 2.81. The summed E-state index contributed by atoms with van der Waals surface area (Å²) in [6.45, 7) is 2.08. The van der Waals surface area contributed by atoms with Gasteiger partial charge in [-0.25, -0.2) is 0 Å². The topological polar surface area (TPSA) is 40.5 Å². The van der Waals surface area contributed by atoms with E-state index in [1.165, 1.54) is 0 Å². The highest BCUT2D eigenvalue weighted by Crippen LogP contribution is 2.26. The summed E-state index contributed by atoms with van der Waals surface area (Å²) >= 11 is 11.9. The van der Waals surface area contributed by atoms with Gasteiger partial charge in [-0.1, -0.05) is 35.3 Å². The van der Waals surface area contributed by atoms with E-state index in [0.29, 0.717) is 16.6 Å². The highest BCUT2D eigenvalue weighted by Gasteiger charge is 2.17. The minimum absolute atomic E-state index is 0.451. The summed E-state index contributed by atoms with van der Waals surface area (Å²) in [5.74, 6) is -0.861. The second kappa shape index (κ2) is 5.53. The van der Waals surface area contributed by atoms with E-state index in [2.05, 4.69) is 0 Å². The molecule has 5 heteroatoms. The summed E-state index contributed by atoms with van der Waals surface area (Å²) in [6, 6.07) is 4.77. The van der Waals surface area contributed by atoms with E-state index in [1.54, 1.807) is 31.0 Å². The third-order valence-electron chi connectivity index (χ3n) is 2.47. The molecule has 0 aliphatic heterocycles. The van der Waals surface area contributed by atoms with Crippen LogP contribution in [-0.4, -0.2) is 29.1 Å². The molecule has 88 valence electrons. The molecule has 0 saturated carbocycles. The minimum Gasteiger partial charge on any atom is -0.480 e. The molecular weight excluding hydrogens is 249 g/mol. The lowest BCUT2D eigenvalue weighted by Crippen LogP contribution is -2.35. The van der Waals surface area contributed by atoms with Crippen LogP contribution in [0.15, 0.2) is 18.2 Å². The van der Waals surface area contributed by atoms with Crippen LogP contribution < -0.4 is 0 Å². The average molecular weight is 262 g/mol. The van der Waals surface area contributed by atoms with Crippen LogP contribution in [0.3, 0.4) is 0 Å². The molecule has 1 rings (SSSR count). The first-order chi connectivity index (χ1) is 7.43. The van der Waals surface area contributed by atoms with Gasteiger partial charge in [0.1, 0.15) is 6.04 Å². The predicted molar refractivity (Wildman–Crippen MR) is 65.0 cm³/mol. The number of nitrogens with zero attached hydrogens (tertiary/aromatic N) is 1. The molecule has 0 bridgehead atoms. The first-order valence-electron chi connectivity index (χ1n) is 4.79. The van der Waals surface area contributed by atoms with Gasteiger partial charge in [-0.2, -0.15) is 0 Å². The lowest BCUT2D eigenvalue weighted by Gasteiger charge is -2.21. The van der Waals surface area contributed by atoms with Crippen LogP contribution >= 0.6 is 23.2 Å². The summed E-state index contributed by atoms with van der Waals surface area (Å²) in [5.41, 5.74) is 0.824. The maximum atomic E-state index is 10.8. The van der Waals surface area contributed by atoms with Crippen LogP contribution in [0, 0.1) is 0 Å². The van der Waals surface area contributed by atoms with Crippen LogP contribution in [0.25, 0.3) is 0 Å². The summed E-state index contributed by atoms with van der Waals surface area (Å²) in [5, 5.41) is 9.82. The first kappa shape index (κ1) is 13.3. The summed E-state index contributed by atoms with van der Waals surface area (Å²) in [6.07, 6.45) is 0. The first-order valence-corrected chi connectivity index (χ1v) is 5.55. The van der Waals surface area contributed by atoms with Crippen LogP contribution in [0.1, 0.15) is 12.5 Å². The number of hydrogen-bond acceptors (Lipinski definition) is 2. The largest absolute Gasteiger partial charge is 0.480 e. The molecule has 0 aliphatic rings. The van der Waals surface area contributed by atoms with Crippen molar-refractivity contribution in [2.24, 2.45) is 0 Å². The van der Waals surface area contributed by atoms with Crippen molar-refractivity contribution in [3.8, 4) is 0 Å². The minimum atomic E-state index is -0.861. The molecule has 0 fully saturated rings. The monoisotopic (exact) mass is 261 g/mol. The number of carboxylic acids is 1. The SMILES string of the molecule is CC(C(=O)O)N(C)Cc1cccc(Cl)c1Cl. The van der Waals surface area contributed by atoms with Crippen molar-refractivity contribution in [1.82, 2.24) is 4.90 Å². The quantitative estimate of drug-likeness (QED) is 0.906. The normalized spacial score (nSPS) is 12.8. The molecule has 1 unspecified atom stereocenters. The number of carboxylic acid groups (broad SMARTS) is 1. The smallest absolute Gasteiger partial charge is 0.320 e. The van der Waals surface area contributed by atoms with E-state index >= 15 is 0 Å². The fourth-order valence-electron chi connectivity index (χ4n) is 1.26. The van der Waals surface area contributed by atoms with Gasteiger partial charge in [0.2, 0.25) is 0 Å². The second-order valence-electron chi connectivity index (χ2n) is 3.64. The Bertz CT molecular complexity index is 396. The lowest BCUT2D eigenvalue weighted by atomic mass is 10.2. The molecule has 1 N–H and O–H groups in total. The van der Waals surface area contributed by atoms with Gasteiger partial charge in [0, 0.05) is 6.54 Å². The zero-order chi connectivity index (χ0) is 12.3. The predicted octanol–water partition coefficient (Wildman–Crippen LogP) is 2.90. The van der Waals surface area contributed by atoms with Gasteiger partial charge in [0.25, 0.3) is 0 Å². The van der Waals surface area contributed by atoms with E-state index in [9.17, 15) is 4.79 Å². The lowest BCUT2D eigenvalue weighted by molar-refractivity contribution is -0.142. The van der Waals surface area contributed by atoms with Gasteiger partial charge in [0.05, 0.1) is 10.0 Å². The van der Waals surface area contributed by atoms with Crippen molar-refractivity contribution in [2.75, 3.05) is 7.05 Å². The number of likely N-dealkylation sites (N-methyl/N-ethyl adjacent to an activating group) is 1. The van der Waals surface area contributed by atoms with E-state index in [1.807, 2.05) is 6.07 Å². The number of hydrogen-bond donors (Lipinski definition) is 1. The molecule has 3 nitrogen and oxygen atoms in total. The molecule has 0 aliphatic carbocycles. The van der Waals surface area contributed by atoms with Crippen molar-refractivity contribution in [1.29, 1.82) is 0 Å². The van der Waals surface area contributed by atoms with Crippen LogP contribution in [0.4, 0.5) is 0 Å². The molecule has 1 aromatic rings. The number of halogens is 2. The van der Waals surface area contributed by atoms with Gasteiger partial charge >= 0.3 is 5.97 Å². The van der Waals surface area contributed by atoms with Gasteiger partial charge in [0.15, 0.2) is 0 Å². The summed E-state index contributed by atoms with van der Waals surface area (Å²) in [4.78, 5) is 12.5. The summed E-state index contributed by atoms with van der Waals surface area (Å²) in [7, 11) is 1.73. The van der Waals surface area contributed by atoms with Gasteiger partial charge < -0.3 is 5.11 Å². The molecule has 0 heterocycles. The van der Waals surface area contributed by atoms with Crippen molar-refractivity contribution in [3.63, 3.8) is 0 Å². The van der Waals surface area contributed by atoms with Crippen molar-refractivity contribution in [3.05, 3.63) is 33.8 Å². The molecule has 0 aromatic heterocycles. The van der Waals surface area contributed by atoms with Crippen LogP contribution in [-0.2, 0) is 11.3 Å². The van der Waals surface area contributed by atoms with Crippen molar-refractivity contribution >= 4 is 29.2 Å². The average Bonchev–Trinajstić information content (AvgIpc) is 2.23. The second-order valence-corrected chi connectivity index (χ2v) is 4.43. The molecule has 1 atom stereocenters. The molecule has 0 saturated heterocycles. The van der Waals surface area contributed by atoms with Gasteiger partial charge in [-0.15, -0.1) is 0 Å². The fraction of sp³-hybridized carbons (Fsp3) is 0.364. The highest BCUT2D eigenvalue weighted by atomic mass is 35.5. The molecule has 0 amide bonds. The Morgan fingerprint density at radius 3 is 2.69 bits per heavy atom. The van der Waals surface area contributed by atoms with E-state index in [0.717, 1.165) is 5.56 Å². The van der Waals surface area contributed by atoms with E-state index in [-0.39, 0.29) is 0 Å². The van der Waals surface area contributed by atoms with Gasteiger partial charge in [-0.3, -0.25) is 9.69 Å². The maximum absolute atomic E-state index is 10.8. The van der Waals surface area contributed by atoms with E-state index in [4.69, 9.17) is 28.3 Å². The molecule has 1 aromatic carbocycles. The fourth-order valence-corrected chi connectivity index (χ4v) is 1.64. The number of benzene rings is 1. The third-order valence-corrected chi connectivity index (χ3v) is 3.33. The number of carbonyl (C=O) groups is 1. The highest BCUT2D eigenvalue weighted by molar-refractivity contribution is 6.42. The summed E-state index contributed by atoms with van der Waals surface area (Å²) < 4.78 is 0. The number of aliphatic carboxylic acids is 1. The zero-order valence-electron chi connectivity index (χ0n) is 9.08. The van der Waals surface area contributed by atoms with Crippen LogP contribution in [0.5, 0.6) is 0 Å². The zero-order valence-corrected chi connectivity index (χ0v) is 10.6. The molecule has 16 heavy (non-hydrogen) atoms. The van der Waals surface area contributed by atoms with Crippen molar-refractivity contribution < 1.29 is 9.90 Å². The van der Waals surface area contributed by atoms with Crippen molar-refractivity contribution in [2.45, 2.75) is 19.5 Å². The Hall–Kier alpha value is -0.770. The Morgan fingerprint density at radius 2 is 2.12 bits per heavy atom. The Morgan fingerprint density at radius 1 is 1.50 bits per heavy atom. The molecule has 0 radical (unpaired) electrons. The van der Waals surface area contributed by atoms with E-state index < -0.39 is 12.0 Å². The Labute approximate surface area is 105 Å². The van der Waals surface area contributed by atoms with Gasteiger partial charge in [-0.05, 0) is 25.6 Å². The standard InChI is InChI=1S/C11H13Cl2NO2/c1-7(11(15)16)14(2)6-8-4-3-5-9(12)10(8)13/h3-5,7H,6H2,1-2H3,(H,15,16). The Kier molecular flexibility index (Phi) is 4.59. The molecular formula is C11H13Cl2NO2. The third kappa shape index (κ3) is 3.11. The van der Waals surface area contributed by atoms with Crippen LogP contribution in [0.2, 0.25) is 10.0 Å².